The first kappa shape index (κ1) is 8.19. The van der Waals surface area contributed by atoms with Crippen LogP contribution in [0.4, 0.5) is 4.39 Å². The summed E-state index contributed by atoms with van der Waals surface area (Å²) in [5.41, 5.74) is 0. The second-order valence-corrected chi connectivity index (χ2v) is 1.59. The van der Waals surface area contributed by atoms with Crippen molar-refractivity contribution < 1.29 is 9.50 Å². The molecule has 0 rings (SSSR count). The zero-order valence-corrected chi connectivity index (χ0v) is 5.10. The lowest BCUT2D eigenvalue weighted by Gasteiger charge is -1.89. The molecule has 0 spiro atoms. The van der Waals surface area contributed by atoms with E-state index in [-0.39, 0.29) is 18.9 Å². The molecule has 1 N–H and O–H groups in total. The van der Waals surface area contributed by atoms with Gasteiger partial charge in [0.15, 0.2) is 0 Å². The molecule has 0 saturated carbocycles. The maximum absolute atomic E-state index is 12.2. The van der Waals surface area contributed by atoms with Crippen molar-refractivity contribution in [2.45, 2.75) is 12.8 Å². The molecule has 0 aliphatic carbocycles. The van der Waals surface area contributed by atoms with Gasteiger partial charge in [-0.2, -0.15) is 0 Å². The summed E-state index contributed by atoms with van der Waals surface area (Å²) < 4.78 is 12.2. The van der Waals surface area contributed by atoms with Crippen LogP contribution in [0.1, 0.15) is 12.8 Å². The average Bonchev–Trinajstić information content (AvgIpc) is 1.85. The van der Waals surface area contributed by atoms with Gasteiger partial charge < -0.3 is 5.11 Å². The van der Waals surface area contributed by atoms with Gasteiger partial charge in [0.25, 0.3) is 0 Å². The van der Waals surface area contributed by atoms with Gasteiger partial charge in [-0.25, -0.2) is 4.39 Å². The maximum Gasteiger partial charge on any atom is 0.108 e. The van der Waals surface area contributed by atoms with Crippen molar-refractivity contribution in [2.75, 3.05) is 6.61 Å². The van der Waals surface area contributed by atoms with Gasteiger partial charge in [0, 0.05) is 19.1 Å². The molecule has 1 nitrogen and oxygen atoms in total. The summed E-state index contributed by atoms with van der Waals surface area (Å²) in [5.74, 6) is 1.72. The number of hydrogen-bond acceptors (Lipinski definition) is 1. The van der Waals surface area contributed by atoms with E-state index in [1.807, 2.05) is 0 Å². The van der Waals surface area contributed by atoms with E-state index >= 15 is 0 Å². The smallest absolute Gasteiger partial charge is 0.108 e. The molecule has 0 saturated heterocycles. The Morgan fingerprint density at radius 1 is 1.78 bits per heavy atom. The number of aliphatic hydroxyl groups excluding tert-OH is 1. The molecular weight excluding hydrogens is 119 g/mol. The second-order valence-electron chi connectivity index (χ2n) is 1.59. The summed E-state index contributed by atoms with van der Waals surface area (Å²) in [6.45, 7) is 0.00579. The predicted octanol–water partition coefficient (Wildman–Crippen LogP) is 1.25. The fourth-order valence-electron chi connectivity index (χ4n) is 0.411. The van der Waals surface area contributed by atoms with Crippen molar-refractivity contribution in [3.63, 3.8) is 0 Å². The van der Waals surface area contributed by atoms with E-state index in [0.717, 1.165) is 6.08 Å². The SMILES string of the molecule is C#C/C=C(/F)CCCO. The molecule has 0 atom stereocenters. The molecule has 0 unspecified atom stereocenters. The predicted molar refractivity (Wildman–Crippen MR) is 34.3 cm³/mol. The molecule has 0 aliphatic heterocycles. The van der Waals surface area contributed by atoms with Crippen LogP contribution in [0.2, 0.25) is 0 Å². The minimum Gasteiger partial charge on any atom is -0.396 e. The summed E-state index contributed by atoms with van der Waals surface area (Å²) in [4.78, 5) is 0. The van der Waals surface area contributed by atoms with Crippen LogP contribution >= 0.6 is 0 Å². The summed E-state index contributed by atoms with van der Waals surface area (Å²) in [7, 11) is 0. The van der Waals surface area contributed by atoms with Crippen LogP contribution in [0.15, 0.2) is 11.9 Å². The number of aliphatic hydroxyl groups is 1. The Bertz CT molecular complexity index is 132. The van der Waals surface area contributed by atoms with Crippen LogP contribution in [0.25, 0.3) is 0 Å². The van der Waals surface area contributed by atoms with Crippen LogP contribution in [-0.4, -0.2) is 11.7 Å². The third-order valence-corrected chi connectivity index (χ3v) is 0.814. The van der Waals surface area contributed by atoms with Crippen LogP contribution < -0.4 is 0 Å². The fourth-order valence-corrected chi connectivity index (χ4v) is 0.411. The third-order valence-electron chi connectivity index (χ3n) is 0.814. The van der Waals surface area contributed by atoms with E-state index in [2.05, 4.69) is 5.92 Å². The molecule has 9 heavy (non-hydrogen) atoms. The highest BCUT2D eigenvalue weighted by Gasteiger charge is 1.90. The topological polar surface area (TPSA) is 20.2 Å². The van der Waals surface area contributed by atoms with E-state index in [9.17, 15) is 4.39 Å². The lowest BCUT2D eigenvalue weighted by molar-refractivity contribution is 0.284. The van der Waals surface area contributed by atoms with E-state index in [1.165, 1.54) is 0 Å². The number of allylic oxidation sites excluding steroid dienone is 2. The second kappa shape index (κ2) is 5.33. The van der Waals surface area contributed by atoms with Crippen molar-refractivity contribution in [1.29, 1.82) is 0 Å². The van der Waals surface area contributed by atoms with Gasteiger partial charge in [0.1, 0.15) is 5.83 Å². The minimum absolute atomic E-state index is 0.00579. The van der Waals surface area contributed by atoms with Gasteiger partial charge in [-0.05, 0) is 6.42 Å². The van der Waals surface area contributed by atoms with Crippen molar-refractivity contribution in [2.24, 2.45) is 0 Å². The molecule has 0 radical (unpaired) electrons. The van der Waals surface area contributed by atoms with Crippen molar-refractivity contribution in [3.05, 3.63) is 11.9 Å². The molecular formula is C7H9FO. The Labute approximate surface area is 54.2 Å². The molecule has 0 heterocycles. The molecule has 0 bridgehead atoms. The van der Waals surface area contributed by atoms with E-state index < -0.39 is 0 Å². The molecule has 2 heteroatoms. The molecule has 0 fully saturated rings. The Morgan fingerprint density at radius 3 is 2.89 bits per heavy atom. The number of halogens is 1. The van der Waals surface area contributed by atoms with Crippen LogP contribution in [0, 0.1) is 12.3 Å². The van der Waals surface area contributed by atoms with E-state index in [0.29, 0.717) is 6.42 Å². The quantitative estimate of drug-likeness (QED) is 0.567. The van der Waals surface area contributed by atoms with Gasteiger partial charge in [-0.15, -0.1) is 6.42 Å². The van der Waals surface area contributed by atoms with Crippen molar-refractivity contribution in [3.8, 4) is 12.3 Å². The molecule has 0 amide bonds. The third kappa shape index (κ3) is 5.05. The Kier molecular flexibility index (Phi) is 4.85. The first-order valence-corrected chi connectivity index (χ1v) is 2.72. The van der Waals surface area contributed by atoms with Crippen molar-refractivity contribution in [1.82, 2.24) is 0 Å². The highest BCUT2D eigenvalue weighted by atomic mass is 19.1. The maximum atomic E-state index is 12.2. The Balaban J connectivity index is 3.40. The van der Waals surface area contributed by atoms with Gasteiger partial charge in [0.2, 0.25) is 0 Å². The summed E-state index contributed by atoms with van der Waals surface area (Å²) in [6.07, 6.45) is 6.51. The summed E-state index contributed by atoms with van der Waals surface area (Å²) >= 11 is 0. The van der Waals surface area contributed by atoms with Gasteiger partial charge >= 0.3 is 0 Å². The number of hydrogen-bond donors (Lipinski definition) is 1. The highest BCUT2D eigenvalue weighted by molar-refractivity contribution is 5.12. The summed E-state index contributed by atoms with van der Waals surface area (Å²) in [6, 6.07) is 0. The largest absolute Gasteiger partial charge is 0.396 e. The molecule has 0 aromatic heterocycles. The zero-order chi connectivity index (χ0) is 7.11. The average molecular weight is 128 g/mol. The zero-order valence-electron chi connectivity index (χ0n) is 5.10. The van der Waals surface area contributed by atoms with Gasteiger partial charge in [-0.3, -0.25) is 0 Å². The Morgan fingerprint density at radius 2 is 2.44 bits per heavy atom. The first-order valence-electron chi connectivity index (χ1n) is 2.72. The van der Waals surface area contributed by atoms with Crippen LogP contribution in [-0.2, 0) is 0 Å². The van der Waals surface area contributed by atoms with E-state index in [4.69, 9.17) is 11.5 Å². The fraction of sp³-hybridized carbons (Fsp3) is 0.429. The molecule has 0 aromatic carbocycles. The lowest BCUT2D eigenvalue weighted by Crippen LogP contribution is -1.81. The summed E-state index contributed by atoms with van der Waals surface area (Å²) in [5, 5.41) is 8.24. The highest BCUT2D eigenvalue weighted by Crippen LogP contribution is 2.03. The van der Waals surface area contributed by atoms with Gasteiger partial charge in [0.05, 0.1) is 0 Å². The Hall–Kier alpha value is -0.810. The van der Waals surface area contributed by atoms with Gasteiger partial charge in [-0.1, -0.05) is 5.92 Å². The molecule has 0 aliphatic rings. The monoisotopic (exact) mass is 128 g/mol. The molecule has 0 aromatic rings. The molecule has 50 valence electrons. The van der Waals surface area contributed by atoms with Crippen molar-refractivity contribution >= 4 is 0 Å². The first-order chi connectivity index (χ1) is 4.31. The number of rotatable bonds is 3. The van der Waals surface area contributed by atoms with Crippen LogP contribution in [0.3, 0.4) is 0 Å². The van der Waals surface area contributed by atoms with E-state index in [1.54, 1.807) is 0 Å². The van der Waals surface area contributed by atoms with Crippen LogP contribution in [0.5, 0.6) is 0 Å². The minimum atomic E-state index is -0.341. The lowest BCUT2D eigenvalue weighted by atomic mass is 10.3. The normalized spacial score (nSPS) is 11.0. The standard InChI is InChI=1S/C7H9FO/c1-2-4-7(8)5-3-6-9/h1,4,9H,3,5-6H2/b7-4+. The number of terminal acetylenes is 1.